The lowest BCUT2D eigenvalue weighted by Gasteiger charge is -2.08. The van der Waals surface area contributed by atoms with Gasteiger partial charge in [0.1, 0.15) is 18.7 Å². The first-order chi connectivity index (χ1) is 10.3. The van der Waals surface area contributed by atoms with Gasteiger partial charge in [0.25, 0.3) is 0 Å². The zero-order valence-corrected chi connectivity index (χ0v) is 12.1. The third kappa shape index (κ3) is 3.51. The summed E-state index contributed by atoms with van der Waals surface area (Å²) in [7, 11) is 0. The maximum Gasteiger partial charge on any atom is 0.155 e. The van der Waals surface area contributed by atoms with Gasteiger partial charge >= 0.3 is 0 Å². The SMILES string of the molecule is Clc1cccc(OCCNCc2cccc3ncnn23)c1. The minimum Gasteiger partial charge on any atom is -0.492 e. The quantitative estimate of drug-likeness (QED) is 0.711. The minimum atomic E-state index is 0.577. The Morgan fingerprint density at radius 3 is 3.00 bits per heavy atom. The van der Waals surface area contributed by atoms with Crippen LogP contribution in [0.3, 0.4) is 0 Å². The van der Waals surface area contributed by atoms with Crippen LogP contribution < -0.4 is 10.1 Å². The summed E-state index contributed by atoms with van der Waals surface area (Å²) in [5, 5.41) is 8.20. The number of rotatable bonds is 6. The molecule has 2 heterocycles. The van der Waals surface area contributed by atoms with Crippen LogP contribution in [0.4, 0.5) is 0 Å². The summed E-state index contributed by atoms with van der Waals surface area (Å²) in [6, 6.07) is 13.3. The highest BCUT2D eigenvalue weighted by Crippen LogP contribution is 2.16. The van der Waals surface area contributed by atoms with E-state index in [9.17, 15) is 0 Å². The number of nitrogens with one attached hydrogen (secondary N) is 1. The Morgan fingerprint density at radius 2 is 2.10 bits per heavy atom. The maximum absolute atomic E-state index is 5.90. The van der Waals surface area contributed by atoms with Crippen molar-refractivity contribution < 1.29 is 4.74 Å². The van der Waals surface area contributed by atoms with Crippen LogP contribution >= 0.6 is 11.6 Å². The van der Waals surface area contributed by atoms with E-state index in [1.54, 1.807) is 12.4 Å². The van der Waals surface area contributed by atoms with Gasteiger partial charge in [-0.15, -0.1) is 0 Å². The van der Waals surface area contributed by atoms with E-state index in [-0.39, 0.29) is 0 Å². The Hall–Kier alpha value is -2.11. The molecular weight excluding hydrogens is 288 g/mol. The van der Waals surface area contributed by atoms with Crippen molar-refractivity contribution in [2.24, 2.45) is 0 Å². The first-order valence-corrected chi connectivity index (χ1v) is 7.07. The number of halogens is 1. The van der Waals surface area contributed by atoms with Crippen molar-refractivity contribution in [3.8, 4) is 5.75 Å². The van der Waals surface area contributed by atoms with E-state index in [1.807, 2.05) is 40.9 Å². The number of hydrogen-bond acceptors (Lipinski definition) is 4. The summed E-state index contributed by atoms with van der Waals surface area (Å²) in [5.74, 6) is 0.780. The van der Waals surface area contributed by atoms with Crippen molar-refractivity contribution in [1.82, 2.24) is 19.9 Å². The molecule has 0 amide bonds. The first-order valence-electron chi connectivity index (χ1n) is 6.70. The van der Waals surface area contributed by atoms with E-state index < -0.39 is 0 Å². The molecular formula is C15H15ClN4O. The molecule has 0 unspecified atom stereocenters. The predicted molar refractivity (Wildman–Crippen MR) is 81.6 cm³/mol. The highest BCUT2D eigenvalue weighted by molar-refractivity contribution is 6.30. The molecule has 0 radical (unpaired) electrons. The van der Waals surface area contributed by atoms with Crippen molar-refractivity contribution >= 4 is 17.2 Å². The second kappa shape index (κ2) is 6.56. The molecule has 108 valence electrons. The van der Waals surface area contributed by atoms with Crippen molar-refractivity contribution in [1.29, 1.82) is 0 Å². The Morgan fingerprint density at radius 1 is 1.19 bits per heavy atom. The van der Waals surface area contributed by atoms with Gasteiger partial charge in [-0.05, 0) is 30.3 Å². The predicted octanol–water partition coefficient (Wildman–Crippen LogP) is 2.55. The number of hydrogen-bond donors (Lipinski definition) is 1. The molecule has 0 atom stereocenters. The molecule has 3 rings (SSSR count). The summed E-state index contributed by atoms with van der Waals surface area (Å²) in [4.78, 5) is 4.16. The molecule has 21 heavy (non-hydrogen) atoms. The Kier molecular flexibility index (Phi) is 4.33. The number of benzene rings is 1. The summed E-state index contributed by atoms with van der Waals surface area (Å²) in [6.07, 6.45) is 1.56. The molecule has 2 aromatic heterocycles. The number of fused-ring (bicyclic) bond motifs is 1. The van der Waals surface area contributed by atoms with Crippen LogP contribution in [-0.4, -0.2) is 27.7 Å². The third-order valence-electron chi connectivity index (χ3n) is 3.03. The first kappa shape index (κ1) is 13.9. The van der Waals surface area contributed by atoms with Crippen LogP contribution in [-0.2, 0) is 6.54 Å². The van der Waals surface area contributed by atoms with E-state index in [0.717, 1.165) is 23.6 Å². The molecule has 0 aliphatic rings. The lowest BCUT2D eigenvalue weighted by atomic mass is 10.3. The van der Waals surface area contributed by atoms with E-state index in [2.05, 4.69) is 15.4 Å². The smallest absolute Gasteiger partial charge is 0.155 e. The molecule has 1 N–H and O–H groups in total. The van der Waals surface area contributed by atoms with Gasteiger partial charge in [0.2, 0.25) is 0 Å². The second-order valence-corrected chi connectivity index (χ2v) is 4.97. The minimum absolute atomic E-state index is 0.577. The Balaban J connectivity index is 1.47. The van der Waals surface area contributed by atoms with E-state index in [0.29, 0.717) is 18.2 Å². The fourth-order valence-electron chi connectivity index (χ4n) is 2.05. The van der Waals surface area contributed by atoms with Gasteiger partial charge in [0.05, 0.1) is 5.69 Å². The standard InChI is InChI=1S/C15H15ClN4O/c16-12-3-1-5-14(9-12)21-8-7-17-10-13-4-2-6-15-18-11-19-20(13)15/h1-6,9,11,17H,7-8,10H2. The van der Waals surface area contributed by atoms with Gasteiger partial charge in [-0.25, -0.2) is 9.50 Å². The molecule has 0 bridgehead atoms. The van der Waals surface area contributed by atoms with Gasteiger partial charge in [0, 0.05) is 18.1 Å². The second-order valence-electron chi connectivity index (χ2n) is 4.53. The van der Waals surface area contributed by atoms with Gasteiger partial charge in [-0.1, -0.05) is 23.7 Å². The summed E-state index contributed by atoms with van der Waals surface area (Å²) < 4.78 is 7.44. The fourth-order valence-corrected chi connectivity index (χ4v) is 2.23. The Labute approximate surface area is 127 Å². The normalized spacial score (nSPS) is 10.9. The highest BCUT2D eigenvalue weighted by atomic mass is 35.5. The van der Waals surface area contributed by atoms with Crippen molar-refractivity contribution in [2.45, 2.75) is 6.54 Å². The molecule has 0 aliphatic heterocycles. The zero-order valence-electron chi connectivity index (χ0n) is 11.4. The number of nitrogens with zero attached hydrogens (tertiary/aromatic N) is 3. The molecule has 1 aromatic carbocycles. The lowest BCUT2D eigenvalue weighted by Crippen LogP contribution is -2.22. The van der Waals surface area contributed by atoms with Gasteiger partial charge in [-0.3, -0.25) is 0 Å². The van der Waals surface area contributed by atoms with Crippen molar-refractivity contribution in [3.63, 3.8) is 0 Å². The number of ether oxygens (including phenoxy) is 1. The fraction of sp³-hybridized carbons (Fsp3) is 0.200. The van der Waals surface area contributed by atoms with Crippen LogP contribution in [0, 0.1) is 0 Å². The molecule has 0 aliphatic carbocycles. The van der Waals surface area contributed by atoms with E-state index in [4.69, 9.17) is 16.3 Å². The van der Waals surface area contributed by atoms with Crippen LogP contribution in [0.25, 0.3) is 5.65 Å². The molecule has 5 nitrogen and oxygen atoms in total. The van der Waals surface area contributed by atoms with Crippen LogP contribution in [0.1, 0.15) is 5.69 Å². The topological polar surface area (TPSA) is 51.5 Å². The molecule has 0 saturated heterocycles. The molecule has 3 aromatic rings. The molecule has 6 heteroatoms. The maximum atomic E-state index is 5.90. The van der Waals surface area contributed by atoms with E-state index >= 15 is 0 Å². The summed E-state index contributed by atoms with van der Waals surface area (Å²) >= 11 is 5.90. The van der Waals surface area contributed by atoms with Gasteiger partial charge < -0.3 is 10.1 Å². The van der Waals surface area contributed by atoms with E-state index in [1.165, 1.54) is 0 Å². The molecule has 0 saturated carbocycles. The molecule has 0 spiro atoms. The van der Waals surface area contributed by atoms with Crippen LogP contribution in [0.15, 0.2) is 48.8 Å². The highest BCUT2D eigenvalue weighted by Gasteiger charge is 2.01. The monoisotopic (exact) mass is 302 g/mol. The van der Waals surface area contributed by atoms with Crippen molar-refractivity contribution in [3.05, 3.63) is 59.5 Å². The Bertz CT molecular complexity index is 728. The third-order valence-corrected chi connectivity index (χ3v) is 3.26. The van der Waals surface area contributed by atoms with Crippen LogP contribution in [0.2, 0.25) is 5.02 Å². The average molecular weight is 303 g/mol. The summed E-state index contributed by atoms with van der Waals surface area (Å²) in [5.41, 5.74) is 1.91. The van der Waals surface area contributed by atoms with Crippen molar-refractivity contribution in [2.75, 3.05) is 13.2 Å². The largest absolute Gasteiger partial charge is 0.492 e. The average Bonchev–Trinajstić information content (AvgIpc) is 2.96. The molecule has 0 fully saturated rings. The zero-order chi connectivity index (χ0) is 14.5. The number of aromatic nitrogens is 3. The van der Waals surface area contributed by atoms with Gasteiger partial charge in [0.15, 0.2) is 5.65 Å². The van der Waals surface area contributed by atoms with Gasteiger partial charge in [-0.2, -0.15) is 5.10 Å². The lowest BCUT2D eigenvalue weighted by molar-refractivity contribution is 0.313. The van der Waals surface area contributed by atoms with Crippen LogP contribution in [0.5, 0.6) is 5.75 Å². The number of pyridine rings is 1. The summed E-state index contributed by atoms with van der Waals surface area (Å²) in [6.45, 7) is 2.02.